The Morgan fingerprint density at radius 2 is 1.54 bits per heavy atom. The van der Waals surface area contributed by atoms with Crippen molar-refractivity contribution in [3.8, 4) is 22.1 Å². The van der Waals surface area contributed by atoms with Crippen molar-refractivity contribution < 1.29 is 42.9 Å². The van der Waals surface area contributed by atoms with Crippen molar-refractivity contribution in [3.05, 3.63) is 113 Å². The van der Waals surface area contributed by atoms with Crippen LogP contribution in [0.3, 0.4) is 0 Å². The summed E-state index contributed by atoms with van der Waals surface area (Å²) < 4.78 is 29.6. The smallest absolute Gasteiger partial charge is 0.251 e. The van der Waals surface area contributed by atoms with Crippen LogP contribution in [-0.4, -0.2) is 141 Å². The number of hydrogen-bond acceptors (Lipinski definition) is 16. The van der Waals surface area contributed by atoms with Crippen LogP contribution in [0.4, 0.5) is 11.8 Å². The quantitative estimate of drug-likeness (QED) is 0.0247. The lowest BCUT2D eigenvalue weighted by atomic mass is 9.83. The fraction of sp³-hybridized carbons (Fsp3) is 0.517. The maximum absolute atomic E-state index is 14.8. The van der Waals surface area contributed by atoms with E-state index in [-0.39, 0.29) is 42.1 Å². The van der Waals surface area contributed by atoms with Crippen molar-refractivity contribution in [1.29, 1.82) is 0 Å². The summed E-state index contributed by atoms with van der Waals surface area (Å²) in [5.41, 5.74) is 4.71. The lowest BCUT2D eigenvalue weighted by molar-refractivity contribution is -0.143. The lowest BCUT2D eigenvalue weighted by Gasteiger charge is -2.35. The number of carbonyl (C=O) groups excluding carboxylic acids is 4. The number of likely N-dealkylation sites (tertiary alicyclic amines) is 1. The first-order chi connectivity index (χ1) is 39.0. The average molecular weight is 1120 g/mol. The number of fused-ring (bicyclic) bond motifs is 1. The topological polar surface area (TPSA) is 229 Å². The van der Waals surface area contributed by atoms with E-state index in [0.717, 1.165) is 85.6 Å². The Morgan fingerprint density at radius 3 is 2.31 bits per heavy atom. The summed E-state index contributed by atoms with van der Waals surface area (Å²) in [5.74, 6) is 2.07. The highest BCUT2D eigenvalue weighted by Crippen LogP contribution is 2.34. The molecule has 0 spiro atoms. The molecule has 2 fully saturated rings. The summed E-state index contributed by atoms with van der Waals surface area (Å²) in [6.07, 6.45) is 9.05. The highest BCUT2D eigenvalue weighted by atomic mass is 32.1. The van der Waals surface area contributed by atoms with Crippen molar-refractivity contribution >= 4 is 46.7 Å². The van der Waals surface area contributed by atoms with Gasteiger partial charge in [0.2, 0.25) is 23.7 Å². The molecule has 2 aromatic heterocycles. The van der Waals surface area contributed by atoms with E-state index < -0.39 is 24.2 Å². The molecule has 1 aliphatic heterocycles. The average Bonchev–Trinajstić information content (AvgIpc) is 4.17. The Labute approximate surface area is 474 Å². The standard InChI is InChI=1S/C60H80N10O9S/c1-40(2)36-64-53-24-25-63-60(68-53)65-37-46-39-80-58(66-46)45-22-20-44(21-23-45)56(72)62-26-27-75-28-29-76-30-31-77-32-33-78-47-16-11-17-48(34-47)79-49-35-52(57(73)67-51-19-10-15-42-12-8-9-18-50(42)51)70(38-49)59(74)54(43-13-6-5-7-14-43)69-55(71)41(3)61-4/h8-9,11-12,16-18,20-25,34,39-41,43,49,51-52,54,61H,5-7,10,13-15,19,26-33,35-38H2,1-4H3,(H,62,72)(H,67,73)(H,69,71)(H2,63,64,65,68). The summed E-state index contributed by atoms with van der Waals surface area (Å²) in [4.78, 5) is 70.5. The maximum atomic E-state index is 14.8. The number of likely N-dealkylation sites (N-methyl/N-ethyl adjacent to an activating group) is 1. The van der Waals surface area contributed by atoms with Gasteiger partial charge in [-0.25, -0.2) is 9.97 Å². The fourth-order valence-corrected chi connectivity index (χ4v) is 11.0. The number of hydrogen-bond donors (Lipinski definition) is 6. The van der Waals surface area contributed by atoms with Gasteiger partial charge in [-0.3, -0.25) is 19.2 Å². The van der Waals surface area contributed by atoms with Gasteiger partial charge < -0.3 is 60.5 Å². The van der Waals surface area contributed by atoms with E-state index in [1.54, 1.807) is 43.3 Å². The van der Waals surface area contributed by atoms with Gasteiger partial charge >= 0.3 is 0 Å². The number of aromatic nitrogens is 3. The summed E-state index contributed by atoms with van der Waals surface area (Å²) in [7, 11) is 1.72. The number of amides is 4. The summed E-state index contributed by atoms with van der Waals surface area (Å²) in [6.45, 7) is 10.4. The van der Waals surface area contributed by atoms with Gasteiger partial charge in [-0.15, -0.1) is 11.3 Å². The highest BCUT2D eigenvalue weighted by Gasteiger charge is 2.45. The van der Waals surface area contributed by atoms with Gasteiger partial charge in [0.1, 0.15) is 47.1 Å². The van der Waals surface area contributed by atoms with Gasteiger partial charge in [-0.1, -0.05) is 75.6 Å². The van der Waals surface area contributed by atoms with Gasteiger partial charge in [-0.05, 0) is 99.4 Å². The van der Waals surface area contributed by atoms with Gasteiger partial charge in [0.05, 0.1) is 70.5 Å². The number of carbonyl (C=O) groups is 4. The zero-order chi connectivity index (χ0) is 56.1. The molecule has 8 rings (SSSR count). The van der Waals surface area contributed by atoms with Crippen LogP contribution < -0.4 is 41.4 Å². The van der Waals surface area contributed by atoms with Crippen LogP contribution in [0.25, 0.3) is 10.6 Å². The molecule has 4 amide bonds. The van der Waals surface area contributed by atoms with Crippen LogP contribution in [0, 0.1) is 11.8 Å². The summed E-state index contributed by atoms with van der Waals surface area (Å²) in [5, 5.41) is 21.7. The first-order valence-electron chi connectivity index (χ1n) is 28.4. The number of anilines is 2. The highest BCUT2D eigenvalue weighted by molar-refractivity contribution is 7.13. The molecule has 80 heavy (non-hydrogen) atoms. The minimum Gasteiger partial charge on any atom is -0.491 e. The fourth-order valence-electron chi connectivity index (χ4n) is 10.2. The molecular weight excluding hydrogens is 1040 g/mol. The van der Waals surface area contributed by atoms with Crippen molar-refractivity contribution in [2.75, 3.05) is 83.6 Å². The van der Waals surface area contributed by atoms with E-state index in [1.165, 1.54) is 16.9 Å². The predicted octanol–water partition coefficient (Wildman–Crippen LogP) is 7.35. The van der Waals surface area contributed by atoms with Gasteiger partial charge in [0.25, 0.3) is 5.91 Å². The SMILES string of the molecule is CNC(C)C(=O)NC(C(=O)N1CC(Oc2cccc(OCCOCCOCCOCCNC(=O)c3ccc(-c4nc(CNc5nccc(NCC(C)C)n5)cs4)cc3)c2)CC1C(=O)NC1CCCc2ccccc21)C1CCCCC1. The van der Waals surface area contributed by atoms with E-state index in [4.69, 9.17) is 28.7 Å². The Balaban J connectivity index is 0.710. The van der Waals surface area contributed by atoms with E-state index in [1.807, 2.05) is 53.9 Å². The molecule has 1 saturated carbocycles. The molecule has 3 aromatic carbocycles. The van der Waals surface area contributed by atoms with Crippen molar-refractivity contribution in [2.45, 2.75) is 115 Å². The van der Waals surface area contributed by atoms with Crippen molar-refractivity contribution in [2.24, 2.45) is 11.8 Å². The van der Waals surface area contributed by atoms with Gasteiger partial charge in [0, 0.05) is 48.3 Å². The number of rotatable bonds is 30. The monoisotopic (exact) mass is 1120 g/mol. The first kappa shape index (κ1) is 59.4. The maximum Gasteiger partial charge on any atom is 0.251 e. The lowest BCUT2D eigenvalue weighted by Crippen LogP contribution is -2.58. The number of thiazole rings is 1. The van der Waals surface area contributed by atoms with Crippen LogP contribution in [0.1, 0.15) is 105 Å². The third kappa shape index (κ3) is 17.6. The van der Waals surface area contributed by atoms with Gasteiger partial charge in [0.15, 0.2) is 0 Å². The third-order valence-corrected chi connectivity index (χ3v) is 15.6. The second-order valence-corrected chi connectivity index (χ2v) is 21.9. The normalized spacial score (nSPS) is 18.0. The molecule has 5 aromatic rings. The summed E-state index contributed by atoms with van der Waals surface area (Å²) >= 11 is 1.54. The second kappa shape index (κ2) is 30.8. The molecule has 20 heteroatoms. The van der Waals surface area contributed by atoms with Crippen LogP contribution in [0.5, 0.6) is 11.5 Å². The van der Waals surface area contributed by atoms with Crippen LogP contribution in [0.15, 0.2) is 90.4 Å². The van der Waals surface area contributed by atoms with Crippen LogP contribution >= 0.6 is 11.3 Å². The predicted molar refractivity (Wildman–Crippen MR) is 309 cm³/mol. The molecule has 0 bridgehead atoms. The Hall–Kier alpha value is -6.71. The Bertz CT molecular complexity index is 2760. The minimum absolute atomic E-state index is 0.0231. The molecule has 6 N–H and O–H groups in total. The Morgan fingerprint density at radius 1 is 0.787 bits per heavy atom. The molecule has 19 nitrogen and oxygen atoms in total. The number of benzene rings is 3. The molecule has 3 heterocycles. The zero-order valence-corrected chi connectivity index (χ0v) is 47.5. The van der Waals surface area contributed by atoms with Crippen LogP contribution in [0.2, 0.25) is 0 Å². The zero-order valence-electron chi connectivity index (χ0n) is 46.7. The molecule has 5 unspecified atom stereocenters. The number of nitrogens with zero attached hydrogens (tertiary/aromatic N) is 4. The minimum atomic E-state index is -0.778. The van der Waals surface area contributed by atoms with Crippen molar-refractivity contribution in [1.82, 2.24) is 41.1 Å². The number of ether oxygens (including phenoxy) is 5. The summed E-state index contributed by atoms with van der Waals surface area (Å²) in [6, 6.07) is 22.6. The molecular formula is C60H80N10O9S. The number of nitrogens with one attached hydrogen (secondary N) is 6. The molecule has 2 aliphatic carbocycles. The van der Waals surface area contributed by atoms with E-state index in [2.05, 4.69) is 67.8 Å². The Kier molecular flexibility index (Phi) is 22.8. The molecule has 430 valence electrons. The molecule has 3 aliphatic rings. The number of aryl methyl sites for hydroxylation is 1. The molecule has 0 radical (unpaired) electrons. The van der Waals surface area contributed by atoms with E-state index in [0.29, 0.717) is 94.7 Å². The molecule has 1 saturated heterocycles. The first-order valence-corrected chi connectivity index (χ1v) is 29.3. The second-order valence-electron chi connectivity index (χ2n) is 21.1. The third-order valence-electron chi connectivity index (χ3n) is 14.6. The van der Waals surface area contributed by atoms with Gasteiger partial charge in [-0.2, -0.15) is 4.98 Å². The largest absolute Gasteiger partial charge is 0.491 e. The molecule has 5 atom stereocenters. The van der Waals surface area contributed by atoms with E-state index in [9.17, 15) is 19.2 Å². The van der Waals surface area contributed by atoms with E-state index >= 15 is 0 Å². The van der Waals surface area contributed by atoms with Crippen LogP contribution in [-0.2, 0) is 41.6 Å². The van der Waals surface area contributed by atoms with Crippen molar-refractivity contribution in [3.63, 3.8) is 0 Å².